The molecule has 0 spiro atoms. The third-order valence-corrected chi connectivity index (χ3v) is 6.17. The smallest absolute Gasteiger partial charge is 0.250 e. The molecule has 0 saturated carbocycles. The molecular formula is C27H27N7O. The van der Waals surface area contributed by atoms with E-state index in [1.807, 2.05) is 46.8 Å². The van der Waals surface area contributed by atoms with Crippen molar-refractivity contribution in [3.05, 3.63) is 67.1 Å². The Bertz CT molecular complexity index is 1610. The standard InChI is InChI=1S/C27H27N7O/c1-15(2)27(35)32-20-9-6-17(7-10-20)24-22(23-25(28)29-14-30-26(23)33(24)5)18-8-11-21-19(12-18)13-31-34(21)16(3)4/h6-14,16H,1H2,2-5H3,(H,32,35)(H2,28,29,30). The van der Waals surface area contributed by atoms with Crippen LogP contribution in [0.2, 0.25) is 0 Å². The van der Waals surface area contributed by atoms with Gasteiger partial charge < -0.3 is 15.6 Å². The number of carbonyl (C=O) groups is 1. The Balaban J connectivity index is 1.71. The van der Waals surface area contributed by atoms with E-state index in [2.05, 4.69) is 59.0 Å². The molecule has 0 unspecified atom stereocenters. The number of carbonyl (C=O) groups excluding carboxylic acids is 1. The Morgan fingerprint density at radius 1 is 1.09 bits per heavy atom. The highest BCUT2D eigenvalue weighted by molar-refractivity contribution is 6.09. The van der Waals surface area contributed by atoms with Gasteiger partial charge in [0, 0.05) is 35.3 Å². The number of aromatic nitrogens is 5. The van der Waals surface area contributed by atoms with Gasteiger partial charge in [0.05, 0.1) is 22.8 Å². The molecule has 3 N–H and O–H groups in total. The summed E-state index contributed by atoms with van der Waals surface area (Å²) < 4.78 is 4.05. The third kappa shape index (κ3) is 3.73. The summed E-state index contributed by atoms with van der Waals surface area (Å²) >= 11 is 0. The lowest BCUT2D eigenvalue weighted by Gasteiger charge is -2.11. The molecule has 5 rings (SSSR count). The van der Waals surface area contributed by atoms with Gasteiger partial charge in [0.1, 0.15) is 17.8 Å². The van der Waals surface area contributed by atoms with Crippen LogP contribution in [0.3, 0.4) is 0 Å². The number of anilines is 2. The van der Waals surface area contributed by atoms with Crippen molar-refractivity contribution < 1.29 is 4.79 Å². The van der Waals surface area contributed by atoms with Crippen LogP contribution in [0.4, 0.5) is 11.5 Å². The van der Waals surface area contributed by atoms with Gasteiger partial charge >= 0.3 is 0 Å². The maximum Gasteiger partial charge on any atom is 0.250 e. The van der Waals surface area contributed by atoms with Crippen LogP contribution >= 0.6 is 0 Å². The summed E-state index contributed by atoms with van der Waals surface area (Å²) in [5, 5.41) is 9.27. The highest BCUT2D eigenvalue weighted by Gasteiger charge is 2.22. The molecule has 8 nitrogen and oxygen atoms in total. The molecule has 8 heteroatoms. The van der Waals surface area contributed by atoms with Crippen molar-refractivity contribution in [1.82, 2.24) is 24.3 Å². The number of nitrogen functional groups attached to an aromatic ring is 1. The minimum atomic E-state index is -0.207. The first-order valence-electron chi connectivity index (χ1n) is 11.4. The van der Waals surface area contributed by atoms with Crippen LogP contribution in [0.15, 0.2) is 67.1 Å². The molecule has 0 aliphatic carbocycles. The van der Waals surface area contributed by atoms with Crippen molar-refractivity contribution in [2.75, 3.05) is 11.1 Å². The normalized spacial score (nSPS) is 11.5. The molecule has 0 atom stereocenters. The number of hydrogen-bond acceptors (Lipinski definition) is 5. The molecule has 3 aromatic heterocycles. The van der Waals surface area contributed by atoms with E-state index in [1.165, 1.54) is 6.33 Å². The number of aryl methyl sites for hydroxylation is 1. The molecule has 0 radical (unpaired) electrons. The second kappa shape index (κ2) is 8.39. The molecule has 0 bridgehead atoms. The van der Waals surface area contributed by atoms with Crippen molar-refractivity contribution in [3.63, 3.8) is 0 Å². The largest absolute Gasteiger partial charge is 0.383 e. The summed E-state index contributed by atoms with van der Waals surface area (Å²) in [6.45, 7) is 9.60. The van der Waals surface area contributed by atoms with E-state index in [1.54, 1.807) is 6.92 Å². The molecule has 1 amide bonds. The fourth-order valence-corrected chi connectivity index (χ4v) is 4.46. The van der Waals surface area contributed by atoms with Gasteiger partial charge in [0.2, 0.25) is 0 Å². The molecule has 2 aromatic carbocycles. The lowest BCUT2D eigenvalue weighted by molar-refractivity contribution is -0.112. The first-order valence-corrected chi connectivity index (χ1v) is 11.4. The van der Waals surface area contributed by atoms with E-state index in [9.17, 15) is 4.79 Å². The van der Waals surface area contributed by atoms with E-state index >= 15 is 0 Å². The van der Waals surface area contributed by atoms with Crippen molar-refractivity contribution in [2.45, 2.75) is 26.8 Å². The van der Waals surface area contributed by atoms with E-state index in [-0.39, 0.29) is 11.9 Å². The van der Waals surface area contributed by atoms with Crippen LogP contribution in [-0.4, -0.2) is 30.2 Å². The van der Waals surface area contributed by atoms with Crippen LogP contribution in [0, 0.1) is 0 Å². The number of fused-ring (bicyclic) bond motifs is 2. The molecule has 176 valence electrons. The Morgan fingerprint density at radius 3 is 2.49 bits per heavy atom. The summed E-state index contributed by atoms with van der Waals surface area (Å²) in [7, 11) is 1.97. The zero-order chi connectivity index (χ0) is 24.9. The topological polar surface area (TPSA) is 104 Å². The van der Waals surface area contributed by atoms with Crippen molar-refractivity contribution in [1.29, 1.82) is 0 Å². The Hall–Kier alpha value is -4.46. The predicted molar refractivity (Wildman–Crippen MR) is 141 cm³/mol. The molecule has 0 saturated heterocycles. The van der Waals surface area contributed by atoms with Crippen LogP contribution in [-0.2, 0) is 11.8 Å². The van der Waals surface area contributed by atoms with Gasteiger partial charge in [-0.05, 0) is 56.2 Å². The van der Waals surface area contributed by atoms with Crippen LogP contribution in [0.5, 0.6) is 0 Å². The summed E-state index contributed by atoms with van der Waals surface area (Å²) in [6.07, 6.45) is 3.37. The molecule has 5 aromatic rings. The maximum absolute atomic E-state index is 12.0. The molecule has 0 aliphatic heterocycles. The van der Waals surface area contributed by atoms with Gasteiger partial charge in [-0.2, -0.15) is 5.10 Å². The maximum atomic E-state index is 12.0. The summed E-state index contributed by atoms with van der Waals surface area (Å²) in [5.41, 5.74) is 13.2. The number of hydrogen-bond donors (Lipinski definition) is 2. The molecule has 35 heavy (non-hydrogen) atoms. The minimum Gasteiger partial charge on any atom is -0.383 e. The van der Waals surface area contributed by atoms with E-state index in [0.717, 1.165) is 44.3 Å². The number of nitrogens with zero attached hydrogens (tertiary/aromatic N) is 5. The first-order chi connectivity index (χ1) is 16.8. The Labute approximate surface area is 203 Å². The fraction of sp³-hybridized carbons (Fsp3) is 0.185. The zero-order valence-electron chi connectivity index (χ0n) is 20.2. The molecule has 0 aliphatic rings. The molecule has 0 fully saturated rings. The number of nitrogens with two attached hydrogens (primary N) is 1. The van der Waals surface area contributed by atoms with Crippen molar-refractivity contribution >= 4 is 39.3 Å². The summed E-state index contributed by atoms with van der Waals surface area (Å²) in [6, 6.07) is 14.3. The van der Waals surface area contributed by atoms with E-state index < -0.39 is 0 Å². The minimum absolute atomic E-state index is 0.207. The third-order valence-electron chi connectivity index (χ3n) is 6.17. The van der Waals surface area contributed by atoms with Crippen molar-refractivity contribution in [3.8, 4) is 22.4 Å². The number of rotatable bonds is 5. The molecule has 3 heterocycles. The van der Waals surface area contributed by atoms with Crippen LogP contribution in [0.1, 0.15) is 26.8 Å². The Morgan fingerprint density at radius 2 is 1.80 bits per heavy atom. The van der Waals surface area contributed by atoms with Crippen LogP contribution in [0.25, 0.3) is 44.3 Å². The average Bonchev–Trinajstić information content (AvgIpc) is 3.39. The SMILES string of the molecule is C=C(C)C(=O)Nc1ccc(-c2c(-c3ccc4c(cnn4C(C)C)c3)c3c(N)ncnc3n2C)cc1. The van der Waals surface area contributed by atoms with Gasteiger partial charge in [0.25, 0.3) is 5.91 Å². The summed E-state index contributed by atoms with van der Waals surface area (Å²) in [4.78, 5) is 20.8. The van der Waals surface area contributed by atoms with Gasteiger partial charge in [0.15, 0.2) is 0 Å². The summed E-state index contributed by atoms with van der Waals surface area (Å²) in [5.74, 6) is 0.219. The quantitative estimate of drug-likeness (QED) is 0.342. The highest BCUT2D eigenvalue weighted by Crippen LogP contribution is 2.42. The van der Waals surface area contributed by atoms with Gasteiger partial charge in [-0.1, -0.05) is 24.8 Å². The van der Waals surface area contributed by atoms with Gasteiger partial charge in [-0.25, -0.2) is 9.97 Å². The lowest BCUT2D eigenvalue weighted by Crippen LogP contribution is -2.11. The monoisotopic (exact) mass is 465 g/mol. The Kier molecular flexibility index (Phi) is 5.36. The van der Waals surface area contributed by atoms with E-state index in [4.69, 9.17) is 5.73 Å². The second-order valence-electron chi connectivity index (χ2n) is 9.01. The zero-order valence-corrected chi connectivity index (χ0v) is 20.2. The van der Waals surface area contributed by atoms with E-state index in [0.29, 0.717) is 17.1 Å². The lowest BCUT2D eigenvalue weighted by atomic mass is 9.97. The number of nitrogens with one attached hydrogen (secondary N) is 1. The second-order valence-corrected chi connectivity index (χ2v) is 9.01. The van der Waals surface area contributed by atoms with Gasteiger partial charge in [-0.3, -0.25) is 9.48 Å². The number of amides is 1. The fourth-order valence-electron chi connectivity index (χ4n) is 4.46. The van der Waals surface area contributed by atoms with Gasteiger partial charge in [-0.15, -0.1) is 0 Å². The number of benzene rings is 2. The van der Waals surface area contributed by atoms with Crippen LogP contribution < -0.4 is 11.1 Å². The predicted octanol–water partition coefficient (Wildman–Crippen LogP) is 5.33. The average molecular weight is 466 g/mol. The molecular weight excluding hydrogens is 438 g/mol. The first kappa shape index (κ1) is 22.3. The highest BCUT2D eigenvalue weighted by atomic mass is 16.1. The van der Waals surface area contributed by atoms with Crippen molar-refractivity contribution in [2.24, 2.45) is 7.05 Å².